The molecule has 0 spiro atoms. The number of carbonyl (C=O) groups excluding carboxylic acids is 2. The maximum atomic E-state index is 11.3. The molecule has 2 fully saturated rings. The smallest absolute Gasteiger partial charge is 0.303 e. The molecule has 0 aromatic carbocycles. The summed E-state index contributed by atoms with van der Waals surface area (Å²) in [5.41, 5.74) is 5.66. The Bertz CT molecular complexity index is 459. The number of thiocarbonyl (C=S) groups is 1. The van der Waals surface area contributed by atoms with Crippen LogP contribution in [0, 0.1) is 0 Å². The topological polar surface area (TPSA) is 100 Å². The van der Waals surface area contributed by atoms with Gasteiger partial charge in [-0.1, -0.05) is 0 Å². The number of rotatable bonds is 4. The minimum absolute atomic E-state index is 0.0401. The van der Waals surface area contributed by atoms with Crippen molar-refractivity contribution >= 4 is 29.3 Å². The Kier molecular flexibility index (Phi) is 4.64. The number of fused-ring (bicyclic) bond motifs is 1. The molecule has 5 unspecified atom stereocenters. The average Bonchev–Trinajstić information content (AvgIpc) is 3.12. The zero-order chi connectivity index (χ0) is 15.7. The van der Waals surface area contributed by atoms with Crippen LogP contribution in [0.4, 0.5) is 0 Å². The summed E-state index contributed by atoms with van der Waals surface area (Å²) < 4.78 is 21.2. The maximum absolute atomic E-state index is 11.3. The molecule has 118 valence electrons. The summed E-state index contributed by atoms with van der Waals surface area (Å²) in [6.07, 6.45) is -1.84. The van der Waals surface area contributed by atoms with Crippen LogP contribution in [0.25, 0.3) is 0 Å². The standard InChI is InChI=1S/C12H18N2O6S/c1-5(15)18-4-7-10(19-6(2)16)8-9(11(17-3)20-7)14(8)12(13)21/h7-11H,4H2,1-3H3,(H2,13,21). The van der Waals surface area contributed by atoms with Crippen molar-refractivity contribution in [3.05, 3.63) is 0 Å². The van der Waals surface area contributed by atoms with E-state index in [0.29, 0.717) is 0 Å². The first-order valence-electron chi connectivity index (χ1n) is 6.43. The quantitative estimate of drug-likeness (QED) is 0.403. The second kappa shape index (κ2) is 6.12. The predicted molar refractivity (Wildman–Crippen MR) is 74.1 cm³/mol. The van der Waals surface area contributed by atoms with Gasteiger partial charge in [0.05, 0.1) is 6.04 Å². The summed E-state index contributed by atoms with van der Waals surface area (Å²) in [7, 11) is 1.49. The zero-order valence-corrected chi connectivity index (χ0v) is 12.8. The molecule has 0 aromatic heterocycles. The molecule has 0 bridgehead atoms. The summed E-state index contributed by atoms with van der Waals surface area (Å²) in [4.78, 5) is 24.0. The molecule has 2 rings (SSSR count). The third-order valence-electron chi connectivity index (χ3n) is 3.43. The molecule has 2 N–H and O–H groups in total. The highest BCUT2D eigenvalue weighted by atomic mass is 32.1. The molecule has 0 radical (unpaired) electrons. The van der Waals surface area contributed by atoms with Crippen LogP contribution in [-0.4, -0.2) is 66.2 Å². The SMILES string of the molecule is COC1OC(COC(C)=O)C(OC(C)=O)C2C1N2C(N)=S. The van der Waals surface area contributed by atoms with Gasteiger partial charge < -0.3 is 29.6 Å². The van der Waals surface area contributed by atoms with Gasteiger partial charge in [-0.05, 0) is 12.2 Å². The van der Waals surface area contributed by atoms with Crippen molar-refractivity contribution in [1.82, 2.24) is 4.90 Å². The lowest BCUT2D eigenvalue weighted by molar-refractivity contribution is -0.218. The second-order valence-electron chi connectivity index (χ2n) is 4.88. The van der Waals surface area contributed by atoms with Gasteiger partial charge in [0, 0.05) is 21.0 Å². The second-order valence-corrected chi connectivity index (χ2v) is 5.30. The summed E-state index contributed by atoms with van der Waals surface area (Å²) in [6.45, 7) is 2.55. The number of hydrogen-bond acceptors (Lipinski definition) is 7. The molecule has 0 aromatic rings. The van der Waals surface area contributed by atoms with E-state index < -0.39 is 30.4 Å². The molecule has 0 saturated carbocycles. The van der Waals surface area contributed by atoms with Crippen LogP contribution in [0.5, 0.6) is 0 Å². The van der Waals surface area contributed by atoms with E-state index in [1.54, 1.807) is 4.90 Å². The summed E-state index contributed by atoms with van der Waals surface area (Å²) in [5, 5.41) is 0.181. The first-order valence-corrected chi connectivity index (χ1v) is 6.84. The van der Waals surface area contributed by atoms with Crippen LogP contribution < -0.4 is 5.73 Å². The van der Waals surface area contributed by atoms with Gasteiger partial charge in [0.2, 0.25) is 0 Å². The number of esters is 2. The maximum Gasteiger partial charge on any atom is 0.303 e. The lowest BCUT2D eigenvalue weighted by Gasteiger charge is -2.32. The predicted octanol–water partition coefficient (Wildman–Crippen LogP) is -0.851. The van der Waals surface area contributed by atoms with Gasteiger partial charge in [-0.25, -0.2) is 0 Å². The van der Waals surface area contributed by atoms with Crippen LogP contribution in [0.15, 0.2) is 0 Å². The fourth-order valence-corrected chi connectivity index (χ4v) is 2.87. The molecule has 21 heavy (non-hydrogen) atoms. The lowest BCUT2D eigenvalue weighted by Crippen LogP contribution is -2.50. The highest BCUT2D eigenvalue weighted by Gasteiger charge is 2.65. The van der Waals surface area contributed by atoms with Crippen molar-refractivity contribution in [2.75, 3.05) is 13.7 Å². The highest BCUT2D eigenvalue weighted by Crippen LogP contribution is 2.42. The minimum Gasteiger partial charge on any atom is -0.463 e. The van der Waals surface area contributed by atoms with Crippen molar-refractivity contribution in [3.63, 3.8) is 0 Å². The highest BCUT2D eigenvalue weighted by molar-refractivity contribution is 7.80. The van der Waals surface area contributed by atoms with Crippen LogP contribution >= 0.6 is 12.2 Å². The van der Waals surface area contributed by atoms with Crippen molar-refractivity contribution in [2.45, 2.75) is 44.4 Å². The first kappa shape index (κ1) is 15.9. The average molecular weight is 318 g/mol. The lowest BCUT2D eigenvalue weighted by atomic mass is 10.0. The third kappa shape index (κ3) is 3.25. The van der Waals surface area contributed by atoms with E-state index >= 15 is 0 Å². The number of carbonyl (C=O) groups is 2. The third-order valence-corrected chi connectivity index (χ3v) is 3.64. The van der Waals surface area contributed by atoms with Crippen LogP contribution in [0.3, 0.4) is 0 Å². The fourth-order valence-electron chi connectivity index (χ4n) is 2.62. The van der Waals surface area contributed by atoms with E-state index in [4.69, 9.17) is 36.9 Å². The number of methoxy groups -OCH3 is 1. The van der Waals surface area contributed by atoms with Gasteiger partial charge in [0.15, 0.2) is 17.5 Å². The molecule has 2 aliphatic heterocycles. The molecular weight excluding hydrogens is 300 g/mol. The Morgan fingerprint density at radius 2 is 1.95 bits per heavy atom. The number of hydrogen-bond donors (Lipinski definition) is 1. The molecule has 0 amide bonds. The molecule has 2 aliphatic rings. The number of nitrogens with two attached hydrogens (primary N) is 1. The van der Waals surface area contributed by atoms with Gasteiger partial charge >= 0.3 is 11.9 Å². The van der Waals surface area contributed by atoms with E-state index in [0.717, 1.165) is 0 Å². The molecule has 2 heterocycles. The van der Waals surface area contributed by atoms with Gasteiger partial charge in [0.25, 0.3) is 0 Å². The van der Waals surface area contributed by atoms with Crippen molar-refractivity contribution in [1.29, 1.82) is 0 Å². The normalized spacial score (nSPS) is 33.9. The van der Waals surface area contributed by atoms with Gasteiger partial charge in [0.1, 0.15) is 18.8 Å². The van der Waals surface area contributed by atoms with E-state index in [2.05, 4.69) is 0 Å². The van der Waals surface area contributed by atoms with E-state index in [1.165, 1.54) is 21.0 Å². The first-order chi connectivity index (χ1) is 9.86. The van der Waals surface area contributed by atoms with E-state index in [9.17, 15) is 9.59 Å². The fraction of sp³-hybridized carbons (Fsp3) is 0.750. The van der Waals surface area contributed by atoms with Crippen molar-refractivity contribution in [2.24, 2.45) is 5.73 Å². The molecule has 2 saturated heterocycles. The Hall–Kier alpha value is -1.45. The zero-order valence-electron chi connectivity index (χ0n) is 12.0. The van der Waals surface area contributed by atoms with Gasteiger partial charge in [-0.15, -0.1) is 0 Å². The molecule has 5 atom stereocenters. The Balaban J connectivity index is 2.16. The monoisotopic (exact) mass is 318 g/mol. The summed E-state index contributed by atoms with van der Waals surface area (Å²) in [6, 6.07) is -0.434. The summed E-state index contributed by atoms with van der Waals surface area (Å²) >= 11 is 4.98. The Labute approximate surface area is 127 Å². The number of nitrogens with zero attached hydrogens (tertiary/aromatic N) is 1. The van der Waals surface area contributed by atoms with Crippen molar-refractivity contribution < 1.29 is 28.5 Å². The Morgan fingerprint density at radius 3 is 2.43 bits per heavy atom. The molecule has 0 aliphatic carbocycles. The number of ether oxygens (including phenoxy) is 4. The van der Waals surface area contributed by atoms with Gasteiger partial charge in [-0.3, -0.25) is 9.59 Å². The van der Waals surface area contributed by atoms with Crippen LogP contribution in [0.1, 0.15) is 13.8 Å². The van der Waals surface area contributed by atoms with E-state index in [1.807, 2.05) is 0 Å². The Morgan fingerprint density at radius 1 is 1.29 bits per heavy atom. The molecular formula is C12H18N2O6S. The molecule has 9 heteroatoms. The largest absolute Gasteiger partial charge is 0.463 e. The molecule has 8 nitrogen and oxygen atoms in total. The van der Waals surface area contributed by atoms with Gasteiger partial charge in [-0.2, -0.15) is 0 Å². The summed E-state index contributed by atoms with van der Waals surface area (Å²) in [5.74, 6) is -0.904. The van der Waals surface area contributed by atoms with E-state index in [-0.39, 0.29) is 23.8 Å². The van der Waals surface area contributed by atoms with Crippen LogP contribution in [0.2, 0.25) is 0 Å². The minimum atomic E-state index is -0.636. The van der Waals surface area contributed by atoms with Crippen molar-refractivity contribution in [3.8, 4) is 0 Å². The van der Waals surface area contributed by atoms with Crippen LogP contribution in [-0.2, 0) is 28.5 Å².